The molecule has 6 heteroatoms. The molecule has 0 saturated heterocycles. The Morgan fingerprint density at radius 2 is 1.56 bits per heavy atom. The van der Waals surface area contributed by atoms with Gasteiger partial charge in [0.05, 0.1) is 28.5 Å². The Labute approximate surface area is 195 Å². The molecule has 0 atom stereocenters. The molecule has 1 N–H and O–H groups in total. The predicted octanol–water partition coefficient (Wildman–Crippen LogP) is 6.82. The van der Waals surface area contributed by atoms with Crippen LogP contribution in [-0.4, -0.2) is 20.1 Å². The van der Waals surface area contributed by atoms with Crippen LogP contribution in [0.2, 0.25) is 10.2 Å². The third kappa shape index (κ3) is 3.63. The van der Waals surface area contributed by atoms with E-state index in [4.69, 9.17) is 23.2 Å². The number of rotatable bonds is 4. The zero-order valence-corrected chi connectivity index (χ0v) is 18.3. The molecule has 0 aliphatic rings. The summed E-state index contributed by atoms with van der Waals surface area (Å²) in [6, 6.07) is 23.0. The molecule has 32 heavy (non-hydrogen) atoms. The van der Waals surface area contributed by atoms with Crippen LogP contribution in [0, 0.1) is 0 Å². The largest absolute Gasteiger partial charge is 0.392 e. The van der Waals surface area contributed by atoms with Crippen LogP contribution < -0.4 is 0 Å². The van der Waals surface area contributed by atoms with Gasteiger partial charge in [0, 0.05) is 28.9 Å². The SMILES string of the molecule is OCc1ccnc(-c2ccccn2)c1-c1ccc2nc(Cl)c(-c3ccccc3)c(Cl)c2c1. The van der Waals surface area contributed by atoms with Crippen LogP contribution in [0.25, 0.3) is 44.5 Å². The Morgan fingerprint density at radius 1 is 0.750 bits per heavy atom. The maximum Gasteiger partial charge on any atom is 0.139 e. The van der Waals surface area contributed by atoms with Crippen molar-refractivity contribution in [3.8, 4) is 33.6 Å². The summed E-state index contributed by atoms with van der Waals surface area (Å²) in [7, 11) is 0. The van der Waals surface area contributed by atoms with Crippen molar-refractivity contribution in [1.82, 2.24) is 15.0 Å². The van der Waals surface area contributed by atoms with Gasteiger partial charge in [-0.1, -0.05) is 65.7 Å². The molecule has 0 unspecified atom stereocenters. The molecule has 0 fully saturated rings. The molecule has 5 rings (SSSR count). The Balaban J connectivity index is 1.77. The number of benzene rings is 2. The van der Waals surface area contributed by atoms with E-state index in [9.17, 15) is 5.11 Å². The topological polar surface area (TPSA) is 58.9 Å². The third-order valence-electron chi connectivity index (χ3n) is 5.34. The van der Waals surface area contributed by atoms with E-state index < -0.39 is 0 Å². The Kier molecular flexibility index (Phi) is 5.58. The van der Waals surface area contributed by atoms with Crippen LogP contribution in [0.4, 0.5) is 0 Å². The summed E-state index contributed by atoms with van der Waals surface area (Å²) in [4.78, 5) is 13.6. The molecule has 0 spiro atoms. The van der Waals surface area contributed by atoms with Crippen molar-refractivity contribution in [1.29, 1.82) is 0 Å². The van der Waals surface area contributed by atoms with E-state index in [0.29, 0.717) is 26.9 Å². The third-order valence-corrected chi connectivity index (χ3v) is 6.01. The minimum absolute atomic E-state index is 0.127. The van der Waals surface area contributed by atoms with Gasteiger partial charge in [0.15, 0.2) is 0 Å². The molecule has 0 bridgehead atoms. The van der Waals surface area contributed by atoms with E-state index in [1.807, 2.05) is 72.8 Å². The van der Waals surface area contributed by atoms with Crippen molar-refractivity contribution in [3.05, 3.63) is 101 Å². The quantitative estimate of drug-likeness (QED) is 0.300. The minimum atomic E-state index is -0.127. The van der Waals surface area contributed by atoms with E-state index in [2.05, 4.69) is 15.0 Å². The molecule has 0 saturated carbocycles. The summed E-state index contributed by atoms with van der Waals surface area (Å²) < 4.78 is 0. The second-order valence-corrected chi connectivity index (χ2v) is 7.99. The second-order valence-electron chi connectivity index (χ2n) is 7.26. The molecule has 3 aromatic heterocycles. The smallest absolute Gasteiger partial charge is 0.139 e. The second kappa shape index (κ2) is 8.67. The number of hydrogen-bond acceptors (Lipinski definition) is 4. The minimum Gasteiger partial charge on any atom is -0.392 e. The highest BCUT2D eigenvalue weighted by atomic mass is 35.5. The molecule has 0 aliphatic carbocycles. The van der Waals surface area contributed by atoms with Crippen molar-refractivity contribution >= 4 is 34.1 Å². The molecule has 0 aliphatic heterocycles. The molecule has 2 aromatic carbocycles. The summed E-state index contributed by atoms with van der Waals surface area (Å²) >= 11 is 13.4. The fourth-order valence-corrected chi connectivity index (χ4v) is 4.55. The van der Waals surface area contributed by atoms with Crippen LogP contribution in [0.5, 0.6) is 0 Å². The van der Waals surface area contributed by atoms with Crippen molar-refractivity contribution in [2.24, 2.45) is 0 Å². The van der Waals surface area contributed by atoms with E-state index in [-0.39, 0.29) is 6.61 Å². The first kappa shape index (κ1) is 20.6. The van der Waals surface area contributed by atoms with E-state index >= 15 is 0 Å². The van der Waals surface area contributed by atoms with Gasteiger partial charge in [-0.2, -0.15) is 0 Å². The van der Waals surface area contributed by atoms with Crippen LogP contribution in [0.15, 0.2) is 85.2 Å². The fourth-order valence-electron chi connectivity index (χ4n) is 3.86. The van der Waals surface area contributed by atoms with Gasteiger partial charge < -0.3 is 5.11 Å². The number of halogens is 2. The average Bonchev–Trinajstić information content (AvgIpc) is 2.84. The average molecular weight is 458 g/mol. The molecule has 5 aromatic rings. The van der Waals surface area contributed by atoms with E-state index in [0.717, 1.165) is 33.3 Å². The standard InChI is InChI=1S/C26H17Cl2N3O/c27-24-19-14-17(9-10-20(19)31-26(28)23(24)16-6-2-1-3-7-16)22-18(15-32)11-13-30-25(22)21-8-4-5-12-29-21/h1-14,32H,15H2. The van der Waals surface area contributed by atoms with Gasteiger partial charge in [-0.05, 0) is 47.0 Å². The first-order chi connectivity index (χ1) is 15.7. The highest BCUT2D eigenvalue weighted by Crippen LogP contribution is 2.41. The Bertz CT molecular complexity index is 1420. The lowest BCUT2D eigenvalue weighted by Gasteiger charge is -2.15. The zero-order chi connectivity index (χ0) is 22.1. The molecule has 4 nitrogen and oxygen atoms in total. The molecule has 0 amide bonds. The number of fused-ring (bicyclic) bond motifs is 1. The normalized spacial score (nSPS) is 11.1. The Hall–Kier alpha value is -3.31. The van der Waals surface area contributed by atoms with Crippen molar-refractivity contribution in [3.63, 3.8) is 0 Å². The van der Waals surface area contributed by atoms with Crippen molar-refractivity contribution < 1.29 is 5.11 Å². The lowest BCUT2D eigenvalue weighted by atomic mass is 9.95. The van der Waals surface area contributed by atoms with Gasteiger partial charge in [-0.25, -0.2) is 4.98 Å². The van der Waals surface area contributed by atoms with Gasteiger partial charge in [0.25, 0.3) is 0 Å². The maximum absolute atomic E-state index is 10.0. The summed E-state index contributed by atoms with van der Waals surface area (Å²) in [5.41, 5.74) is 6.12. The number of pyridine rings is 3. The number of nitrogens with zero attached hydrogens (tertiary/aromatic N) is 3. The number of aliphatic hydroxyl groups excluding tert-OH is 1. The van der Waals surface area contributed by atoms with E-state index in [1.54, 1.807) is 12.4 Å². The fraction of sp³-hybridized carbons (Fsp3) is 0.0385. The lowest BCUT2D eigenvalue weighted by Crippen LogP contribution is -1.98. The number of aliphatic hydroxyl groups is 1. The van der Waals surface area contributed by atoms with Crippen molar-refractivity contribution in [2.75, 3.05) is 0 Å². The van der Waals surface area contributed by atoms with Gasteiger partial charge in [-0.15, -0.1) is 0 Å². The summed E-state index contributed by atoms with van der Waals surface area (Å²) in [6.45, 7) is -0.127. The van der Waals surface area contributed by atoms with Gasteiger partial charge >= 0.3 is 0 Å². The monoisotopic (exact) mass is 457 g/mol. The summed E-state index contributed by atoms with van der Waals surface area (Å²) in [5.74, 6) is 0. The molecule has 0 radical (unpaired) electrons. The van der Waals surface area contributed by atoms with Gasteiger partial charge in [0.2, 0.25) is 0 Å². The summed E-state index contributed by atoms with van der Waals surface area (Å²) in [6.07, 6.45) is 3.41. The summed E-state index contributed by atoms with van der Waals surface area (Å²) in [5, 5.41) is 11.7. The van der Waals surface area contributed by atoms with Crippen LogP contribution in [0.3, 0.4) is 0 Å². The first-order valence-corrected chi connectivity index (χ1v) is 10.8. The van der Waals surface area contributed by atoms with Gasteiger partial charge in [0.1, 0.15) is 5.15 Å². The highest BCUT2D eigenvalue weighted by molar-refractivity contribution is 6.42. The predicted molar refractivity (Wildman–Crippen MR) is 130 cm³/mol. The molecular formula is C26H17Cl2N3O. The van der Waals surface area contributed by atoms with Crippen LogP contribution in [-0.2, 0) is 6.61 Å². The number of hydrogen-bond donors (Lipinski definition) is 1. The van der Waals surface area contributed by atoms with Crippen LogP contribution in [0.1, 0.15) is 5.56 Å². The molecular weight excluding hydrogens is 441 g/mol. The van der Waals surface area contributed by atoms with Gasteiger partial charge in [-0.3, -0.25) is 9.97 Å². The van der Waals surface area contributed by atoms with Crippen molar-refractivity contribution in [2.45, 2.75) is 6.61 Å². The number of aromatic nitrogens is 3. The zero-order valence-electron chi connectivity index (χ0n) is 16.8. The highest BCUT2D eigenvalue weighted by Gasteiger charge is 2.18. The first-order valence-electron chi connectivity index (χ1n) is 10.0. The molecule has 3 heterocycles. The maximum atomic E-state index is 10.0. The Morgan fingerprint density at radius 3 is 2.31 bits per heavy atom. The molecule has 156 valence electrons. The lowest BCUT2D eigenvalue weighted by molar-refractivity contribution is 0.282. The van der Waals surface area contributed by atoms with E-state index in [1.165, 1.54) is 0 Å². The van der Waals surface area contributed by atoms with Crippen LogP contribution >= 0.6 is 23.2 Å².